The maximum atomic E-state index is 12.3. The summed E-state index contributed by atoms with van der Waals surface area (Å²) in [4.78, 5) is 0. The molecule has 0 spiro atoms. The minimum Gasteiger partial charge on any atom is -0.351 e. The van der Waals surface area contributed by atoms with Crippen molar-refractivity contribution < 1.29 is 4.39 Å². The highest BCUT2D eigenvalue weighted by Crippen LogP contribution is 2.26. The van der Waals surface area contributed by atoms with Crippen molar-refractivity contribution in [2.45, 2.75) is 6.92 Å². The van der Waals surface area contributed by atoms with Gasteiger partial charge in [0.1, 0.15) is 5.82 Å². The Kier molecular flexibility index (Phi) is 5.20. The van der Waals surface area contributed by atoms with E-state index in [4.69, 9.17) is 11.6 Å². The molecule has 0 saturated carbocycles. The Bertz CT molecular complexity index is 983. The normalized spacial score (nSPS) is 10.4. The highest BCUT2D eigenvalue weighted by atomic mass is 35.5. The summed E-state index contributed by atoms with van der Waals surface area (Å²) in [5.41, 5.74) is 4.30. The summed E-state index contributed by atoms with van der Waals surface area (Å²) < 4.78 is 14.4. The van der Waals surface area contributed by atoms with Gasteiger partial charge in [-0.05, 0) is 60.0 Å². The number of halogens is 2. The van der Waals surface area contributed by atoms with Crippen molar-refractivity contribution in [3.8, 4) is 11.1 Å². The predicted octanol–water partition coefficient (Wildman–Crippen LogP) is 6.63. The number of rotatable bonds is 1. The molecular formula is C22H19ClFN. The molecule has 0 unspecified atom stereocenters. The Morgan fingerprint density at radius 2 is 1.60 bits per heavy atom. The number of fused-ring (bicyclic) bond motifs is 1. The quantitative estimate of drug-likeness (QED) is 0.362. The van der Waals surface area contributed by atoms with E-state index in [9.17, 15) is 4.39 Å². The fraction of sp³-hybridized carbons (Fsp3) is 0.0909. The minimum absolute atomic E-state index is 0.132. The van der Waals surface area contributed by atoms with Crippen LogP contribution in [0.4, 0.5) is 4.39 Å². The van der Waals surface area contributed by atoms with Crippen molar-refractivity contribution in [3.63, 3.8) is 0 Å². The first kappa shape index (κ1) is 17.2. The summed E-state index contributed by atoms with van der Waals surface area (Å²) in [6.45, 7) is 1.75. The van der Waals surface area contributed by atoms with Crippen LogP contribution in [0, 0.1) is 12.7 Å². The average Bonchev–Trinajstić information content (AvgIpc) is 2.99. The maximum absolute atomic E-state index is 12.3. The molecular weight excluding hydrogens is 333 g/mol. The Morgan fingerprint density at radius 3 is 2.28 bits per heavy atom. The van der Waals surface area contributed by atoms with Crippen LogP contribution in [0.1, 0.15) is 5.56 Å². The first-order valence-electron chi connectivity index (χ1n) is 8.07. The predicted molar refractivity (Wildman–Crippen MR) is 105 cm³/mol. The van der Waals surface area contributed by atoms with Gasteiger partial charge in [0.2, 0.25) is 0 Å². The average molecular weight is 352 g/mol. The van der Waals surface area contributed by atoms with E-state index < -0.39 is 0 Å². The van der Waals surface area contributed by atoms with E-state index in [0.717, 1.165) is 10.6 Å². The number of aryl methyl sites for hydroxylation is 2. The lowest BCUT2D eigenvalue weighted by Crippen LogP contribution is -1.83. The van der Waals surface area contributed by atoms with Crippen LogP contribution in [-0.2, 0) is 7.05 Å². The van der Waals surface area contributed by atoms with E-state index in [1.165, 1.54) is 22.5 Å². The fourth-order valence-corrected chi connectivity index (χ4v) is 2.87. The molecule has 0 fully saturated rings. The van der Waals surface area contributed by atoms with Crippen molar-refractivity contribution in [1.29, 1.82) is 0 Å². The Morgan fingerprint density at radius 1 is 0.840 bits per heavy atom. The molecule has 4 rings (SSSR count). The highest BCUT2D eigenvalue weighted by molar-refractivity contribution is 6.30. The van der Waals surface area contributed by atoms with Crippen LogP contribution in [0.5, 0.6) is 0 Å². The van der Waals surface area contributed by atoms with Crippen molar-refractivity contribution in [2.24, 2.45) is 7.05 Å². The lowest BCUT2D eigenvalue weighted by molar-refractivity contribution is 0.618. The van der Waals surface area contributed by atoms with Crippen LogP contribution < -0.4 is 0 Å². The molecule has 0 atom stereocenters. The molecule has 1 heterocycles. The van der Waals surface area contributed by atoms with Crippen molar-refractivity contribution in [2.75, 3.05) is 0 Å². The summed E-state index contributed by atoms with van der Waals surface area (Å²) in [6, 6.07) is 23.2. The zero-order valence-corrected chi connectivity index (χ0v) is 15.0. The summed E-state index contributed by atoms with van der Waals surface area (Å²) in [6.07, 6.45) is 2.08. The molecule has 126 valence electrons. The number of nitrogens with zero attached hydrogens (tertiary/aromatic N) is 1. The molecule has 1 aromatic heterocycles. The molecule has 0 N–H and O–H groups in total. The first-order chi connectivity index (χ1) is 12.0. The molecule has 3 heteroatoms. The van der Waals surface area contributed by atoms with Gasteiger partial charge >= 0.3 is 0 Å². The lowest BCUT2D eigenvalue weighted by Gasteiger charge is -2.03. The Hall–Kier alpha value is -2.58. The van der Waals surface area contributed by atoms with Crippen LogP contribution in [0.15, 0.2) is 79.0 Å². The minimum atomic E-state index is -0.132. The molecule has 0 aliphatic carbocycles. The van der Waals surface area contributed by atoms with Gasteiger partial charge in [-0.2, -0.15) is 0 Å². The molecule has 0 bridgehead atoms. The molecule has 1 nitrogen and oxygen atoms in total. The van der Waals surface area contributed by atoms with Crippen LogP contribution in [0.25, 0.3) is 22.0 Å². The number of hydrogen-bond acceptors (Lipinski definition) is 0. The second kappa shape index (κ2) is 7.54. The molecule has 0 amide bonds. The van der Waals surface area contributed by atoms with Crippen LogP contribution >= 0.6 is 11.6 Å². The number of hydrogen-bond donors (Lipinski definition) is 0. The second-order valence-corrected chi connectivity index (χ2v) is 6.40. The van der Waals surface area contributed by atoms with Crippen LogP contribution in [0.3, 0.4) is 0 Å². The molecule has 0 radical (unpaired) electrons. The van der Waals surface area contributed by atoms with Gasteiger partial charge < -0.3 is 4.57 Å². The summed E-state index contributed by atoms with van der Waals surface area (Å²) >= 11 is 6.01. The lowest BCUT2D eigenvalue weighted by atomic mass is 10.0. The molecule has 0 aliphatic heterocycles. The molecule has 0 aliphatic rings. The maximum Gasteiger partial charge on any atom is 0.126 e. The Labute approximate surface area is 152 Å². The van der Waals surface area contributed by atoms with Gasteiger partial charge in [-0.15, -0.1) is 0 Å². The third kappa shape index (κ3) is 4.09. The molecule has 4 aromatic rings. The van der Waals surface area contributed by atoms with E-state index in [2.05, 4.69) is 48.1 Å². The van der Waals surface area contributed by atoms with Crippen LogP contribution in [-0.4, -0.2) is 4.57 Å². The van der Waals surface area contributed by atoms with Crippen molar-refractivity contribution in [3.05, 3.63) is 95.4 Å². The Balaban J connectivity index is 0.000000192. The first-order valence-corrected chi connectivity index (χ1v) is 8.44. The number of aromatic nitrogens is 1. The van der Waals surface area contributed by atoms with Gasteiger partial charge in [0.15, 0.2) is 0 Å². The third-order valence-electron chi connectivity index (χ3n) is 4.12. The summed E-state index contributed by atoms with van der Waals surface area (Å²) in [7, 11) is 2.06. The SMILES string of the molecule is Cc1ccccc1F.Cn1ccc2cc(-c3cccc(Cl)c3)ccc21. The highest BCUT2D eigenvalue weighted by Gasteiger charge is 2.02. The topological polar surface area (TPSA) is 4.93 Å². The van der Waals surface area contributed by atoms with Gasteiger partial charge in [0.25, 0.3) is 0 Å². The van der Waals surface area contributed by atoms with Crippen molar-refractivity contribution in [1.82, 2.24) is 4.57 Å². The summed E-state index contributed by atoms with van der Waals surface area (Å²) in [5.74, 6) is -0.132. The second-order valence-electron chi connectivity index (χ2n) is 5.96. The molecule has 25 heavy (non-hydrogen) atoms. The third-order valence-corrected chi connectivity index (χ3v) is 4.35. The van der Waals surface area contributed by atoms with E-state index in [0.29, 0.717) is 5.56 Å². The fourth-order valence-electron chi connectivity index (χ4n) is 2.68. The summed E-state index contributed by atoms with van der Waals surface area (Å²) in [5, 5.41) is 2.03. The van der Waals surface area contributed by atoms with E-state index in [-0.39, 0.29) is 5.82 Å². The van der Waals surface area contributed by atoms with E-state index >= 15 is 0 Å². The van der Waals surface area contributed by atoms with Crippen LogP contribution in [0.2, 0.25) is 5.02 Å². The molecule has 3 aromatic carbocycles. The largest absolute Gasteiger partial charge is 0.351 e. The van der Waals surface area contributed by atoms with Gasteiger partial charge in [-0.3, -0.25) is 0 Å². The van der Waals surface area contributed by atoms with E-state index in [1.54, 1.807) is 19.1 Å². The smallest absolute Gasteiger partial charge is 0.126 e. The zero-order valence-electron chi connectivity index (χ0n) is 14.2. The van der Waals surface area contributed by atoms with Gasteiger partial charge in [-0.25, -0.2) is 4.39 Å². The monoisotopic (exact) mass is 351 g/mol. The zero-order chi connectivity index (χ0) is 17.8. The van der Waals surface area contributed by atoms with Gasteiger partial charge in [-0.1, -0.05) is 48.0 Å². The van der Waals surface area contributed by atoms with Gasteiger partial charge in [0, 0.05) is 29.2 Å². The van der Waals surface area contributed by atoms with Crippen molar-refractivity contribution >= 4 is 22.5 Å². The molecule has 0 saturated heterocycles. The van der Waals surface area contributed by atoms with E-state index in [1.807, 2.05) is 24.3 Å². The standard InChI is InChI=1S/C15H12ClN.C7H7F/c1-17-8-7-13-9-12(5-6-15(13)17)11-3-2-4-14(16)10-11;1-6-4-2-3-5-7(6)8/h2-10H,1H3;2-5H,1H3. The van der Waals surface area contributed by atoms with Gasteiger partial charge in [0.05, 0.1) is 0 Å². The number of benzene rings is 3.